The normalized spacial score (nSPS) is 21.0. The van der Waals surface area contributed by atoms with Crippen molar-refractivity contribution in [1.82, 2.24) is 0 Å². The highest BCUT2D eigenvalue weighted by Crippen LogP contribution is 2.41. The van der Waals surface area contributed by atoms with Crippen molar-refractivity contribution >= 4 is 37.5 Å². The number of amides is 1. The van der Waals surface area contributed by atoms with Gasteiger partial charge in [-0.1, -0.05) is 6.92 Å². The molecule has 2 aliphatic rings. The summed E-state index contributed by atoms with van der Waals surface area (Å²) in [5.74, 6) is -2.01. The molecule has 5 nitrogen and oxygen atoms in total. The Morgan fingerprint density at radius 3 is 2.43 bits per heavy atom. The molecule has 1 aliphatic heterocycles. The van der Waals surface area contributed by atoms with Crippen LogP contribution in [0.5, 0.6) is 0 Å². The maximum Gasteiger partial charge on any atom is 0.241 e. The Morgan fingerprint density at radius 1 is 1.14 bits per heavy atom. The third-order valence-electron chi connectivity index (χ3n) is 5.46. The summed E-state index contributed by atoms with van der Waals surface area (Å²) < 4.78 is 51.7. The smallest absolute Gasteiger partial charge is 0.241 e. The summed E-state index contributed by atoms with van der Waals surface area (Å²) in [4.78, 5) is 14.1. The van der Waals surface area contributed by atoms with Gasteiger partial charge in [0.05, 0.1) is 4.47 Å². The second kappa shape index (κ2) is 6.60. The monoisotopic (exact) mass is 470 g/mol. The van der Waals surface area contributed by atoms with Gasteiger partial charge in [-0.25, -0.2) is 22.3 Å². The van der Waals surface area contributed by atoms with Crippen molar-refractivity contribution in [2.24, 2.45) is 11.1 Å². The van der Waals surface area contributed by atoms with Crippen LogP contribution in [0.2, 0.25) is 0 Å². The van der Waals surface area contributed by atoms with Crippen molar-refractivity contribution in [3.8, 4) is 0 Å². The van der Waals surface area contributed by atoms with E-state index < -0.39 is 20.7 Å². The lowest BCUT2D eigenvalue weighted by Gasteiger charge is -2.22. The van der Waals surface area contributed by atoms with Crippen molar-refractivity contribution in [2.45, 2.75) is 30.6 Å². The van der Waals surface area contributed by atoms with Crippen molar-refractivity contribution in [3.63, 3.8) is 0 Å². The van der Waals surface area contributed by atoms with Crippen LogP contribution in [0.3, 0.4) is 0 Å². The number of primary sulfonamides is 1. The molecule has 1 aliphatic carbocycles. The lowest BCUT2D eigenvalue weighted by molar-refractivity contribution is -0.122. The van der Waals surface area contributed by atoms with E-state index in [0.29, 0.717) is 35.1 Å². The Bertz CT molecular complexity index is 1090. The number of anilines is 1. The van der Waals surface area contributed by atoms with E-state index in [1.54, 1.807) is 6.07 Å². The highest BCUT2D eigenvalue weighted by Gasteiger charge is 2.38. The fraction of sp³-hybridized carbons (Fsp3) is 0.316. The van der Waals surface area contributed by atoms with Crippen LogP contribution in [-0.2, 0) is 27.7 Å². The van der Waals surface area contributed by atoms with E-state index in [-0.39, 0.29) is 23.6 Å². The third-order valence-corrected chi connectivity index (χ3v) is 6.99. The summed E-state index contributed by atoms with van der Waals surface area (Å²) in [5.41, 5.74) is 2.63. The Hall–Kier alpha value is -1.84. The number of hydrogen-bond donors (Lipinski definition) is 1. The molecule has 2 N–H and O–H groups in total. The molecule has 1 amide bonds. The first-order chi connectivity index (χ1) is 13.1. The Morgan fingerprint density at radius 2 is 1.79 bits per heavy atom. The second-order valence-electron chi connectivity index (χ2n) is 7.38. The van der Waals surface area contributed by atoms with E-state index in [4.69, 9.17) is 5.14 Å². The van der Waals surface area contributed by atoms with E-state index in [1.807, 2.05) is 6.92 Å². The van der Waals surface area contributed by atoms with Gasteiger partial charge in [0.1, 0.15) is 16.5 Å². The van der Waals surface area contributed by atoms with E-state index in [9.17, 15) is 22.0 Å². The summed E-state index contributed by atoms with van der Waals surface area (Å²) >= 11 is 3.16. The summed E-state index contributed by atoms with van der Waals surface area (Å²) in [5, 5.41) is 5.10. The van der Waals surface area contributed by atoms with Crippen LogP contribution in [0.25, 0.3) is 0 Å². The average molecular weight is 471 g/mol. The molecule has 0 spiro atoms. The molecule has 0 saturated heterocycles. The zero-order chi connectivity index (χ0) is 20.4. The predicted molar refractivity (Wildman–Crippen MR) is 104 cm³/mol. The van der Waals surface area contributed by atoms with Crippen molar-refractivity contribution in [2.75, 3.05) is 11.4 Å². The van der Waals surface area contributed by atoms with Crippen LogP contribution in [-0.4, -0.2) is 20.9 Å². The summed E-state index contributed by atoms with van der Waals surface area (Å²) in [6, 6.07) is 5.40. The number of fused-ring (bicyclic) bond motifs is 2. The summed E-state index contributed by atoms with van der Waals surface area (Å²) in [6.07, 6.45) is 0.873. The van der Waals surface area contributed by atoms with Gasteiger partial charge in [-0.15, -0.1) is 0 Å². The van der Waals surface area contributed by atoms with Gasteiger partial charge < -0.3 is 4.90 Å². The van der Waals surface area contributed by atoms with Crippen molar-refractivity contribution < 1.29 is 22.0 Å². The summed E-state index contributed by atoms with van der Waals surface area (Å²) in [6.45, 7) is 2.17. The molecule has 2 atom stereocenters. The molecule has 0 fully saturated rings. The van der Waals surface area contributed by atoms with Crippen LogP contribution in [0.4, 0.5) is 14.5 Å². The predicted octanol–water partition coefficient (Wildman–Crippen LogP) is 3.24. The zero-order valence-corrected chi connectivity index (χ0v) is 17.3. The van der Waals surface area contributed by atoms with E-state index in [1.165, 1.54) is 11.0 Å². The molecule has 9 heteroatoms. The minimum absolute atomic E-state index is 0.140. The van der Waals surface area contributed by atoms with Crippen LogP contribution in [0.15, 0.2) is 33.6 Å². The molecule has 2 aromatic carbocycles. The van der Waals surface area contributed by atoms with Crippen LogP contribution in [0, 0.1) is 17.6 Å². The topological polar surface area (TPSA) is 80.5 Å². The molecule has 1 unspecified atom stereocenters. The SMILES string of the molecule is CC1CN(C(=O)[C@@H]2Cc3cc(F)c(Br)cc3C2)c2cc(S(N)(=O)=O)c(F)cc21. The first-order valence-electron chi connectivity index (χ1n) is 8.70. The maximum atomic E-state index is 14.2. The highest BCUT2D eigenvalue weighted by molar-refractivity contribution is 9.10. The number of nitrogens with zero attached hydrogens (tertiary/aromatic N) is 1. The largest absolute Gasteiger partial charge is 0.311 e. The minimum Gasteiger partial charge on any atom is -0.311 e. The van der Waals surface area contributed by atoms with E-state index in [0.717, 1.165) is 23.3 Å². The van der Waals surface area contributed by atoms with E-state index >= 15 is 0 Å². The van der Waals surface area contributed by atoms with Gasteiger partial charge in [0, 0.05) is 24.1 Å². The van der Waals surface area contributed by atoms with Crippen LogP contribution >= 0.6 is 15.9 Å². The van der Waals surface area contributed by atoms with Gasteiger partial charge in [0.25, 0.3) is 0 Å². The lowest BCUT2D eigenvalue weighted by atomic mass is 10.0. The van der Waals surface area contributed by atoms with Crippen molar-refractivity contribution in [1.29, 1.82) is 0 Å². The fourth-order valence-corrected chi connectivity index (χ4v) is 5.09. The number of benzene rings is 2. The summed E-state index contributed by atoms with van der Waals surface area (Å²) in [7, 11) is -4.25. The fourth-order valence-electron chi connectivity index (χ4n) is 4.09. The number of carbonyl (C=O) groups is 1. The number of nitrogens with two attached hydrogens (primary N) is 1. The molecule has 28 heavy (non-hydrogen) atoms. The van der Waals surface area contributed by atoms with E-state index in [2.05, 4.69) is 15.9 Å². The third kappa shape index (κ3) is 3.15. The Labute approximate surface area is 169 Å². The highest BCUT2D eigenvalue weighted by atomic mass is 79.9. The number of carbonyl (C=O) groups excluding carboxylic acids is 1. The molecule has 1 heterocycles. The number of hydrogen-bond acceptors (Lipinski definition) is 3. The van der Waals surface area contributed by atoms with Gasteiger partial charge in [-0.3, -0.25) is 4.79 Å². The molecular weight excluding hydrogens is 454 g/mol. The maximum absolute atomic E-state index is 14.2. The molecule has 148 valence electrons. The first kappa shape index (κ1) is 19.5. The Balaban J connectivity index is 1.68. The molecule has 2 aromatic rings. The molecular formula is C19H17BrF2N2O3S. The molecule has 0 radical (unpaired) electrons. The number of sulfonamides is 1. The molecule has 4 rings (SSSR count). The van der Waals surface area contributed by atoms with Gasteiger partial charge >= 0.3 is 0 Å². The molecule has 0 aromatic heterocycles. The standard InChI is InChI=1S/C19H17BrF2N2O3S/c1-9-8-24(17-7-18(28(23,26)27)16(22)6-13(9)17)19(25)12-2-10-4-14(20)15(21)5-11(10)3-12/h4-7,9,12H,2-3,8H2,1H3,(H2,23,26,27)/t9?,12-/m0/s1. The number of halogens is 3. The van der Waals surface area contributed by atoms with Gasteiger partial charge in [0.2, 0.25) is 15.9 Å². The molecule has 0 saturated carbocycles. The van der Waals surface area contributed by atoms with Crippen LogP contribution in [0.1, 0.15) is 29.5 Å². The molecule has 0 bridgehead atoms. The number of rotatable bonds is 2. The van der Waals surface area contributed by atoms with Crippen molar-refractivity contribution in [3.05, 3.63) is 57.1 Å². The van der Waals surface area contributed by atoms with Gasteiger partial charge in [-0.05, 0) is 69.7 Å². The first-order valence-corrected chi connectivity index (χ1v) is 11.0. The lowest BCUT2D eigenvalue weighted by Crippen LogP contribution is -2.35. The van der Waals surface area contributed by atoms with Gasteiger partial charge in [-0.2, -0.15) is 0 Å². The minimum atomic E-state index is -4.25. The van der Waals surface area contributed by atoms with Crippen LogP contribution < -0.4 is 10.0 Å². The zero-order valence-electron chi connectivity index (χ0n) is 14.9. The van der Waals surface area contributed by atoms with Gasteiger partial charge in [0.15, 0.2) is 0 Å². The quantitative estimate of drug-likeness (QED) is 0.731. The second-order valence-corrected chi connectivity index (χ2v) is 9.76. The Kier molecular flexibility index (Phi) is 4.59. The average Bonchev–Trinajstić information content (AvgIpc) is 3.14.